The van der Waals surface area contributed by atoms with E-state index in [9.17, 15) is 0 Å². The average molecular weight is 301 g/mol. The summed E-state index contributed by atoms with van der Waals surface area (Å²) < 4.78 is 6.49. The molecular weight excluding hydrogens is 282 g/mol. The van der Waals surface area contributed by atoms with Crippen LogP contribution in [0.3, 0.4) is 0 Å². The first-order valence-corrected chi connectivity index (χ1v) is 7.72. The minimum atomic E-state index is -0.0172. The molecule has 0 fully saturated rings. The van der Waals surface area contributed by atoms with E-state index in [4.69, 9.17) is 0 Å². The minimum Gasteiger partial charge on any atom is -0.355 e. The van der Waals surface area contributed by atoms with Gasteiger partial charge in [0.05, 0.1) is 12.2 Å². The highest BCUT2D eigenvalue weighted by Gasteiger charge is 2.19. The summed E-state index contributed by atoms with van der Waals surface area (Å²) >= 11 is 1.40. The maximum atomic E-state index is 4.60. The lowest BCUT2D eigenvalue weighted by molar-refractivity contribution is 0.555. The molecule has 0 radical (unpaired) electrons. The Labute approximate surface area is 128 Å². The molecule has 3 heterocycles. The molecule has 3 rings (SSSR count). The van der Waals surface area contributed by atoms with Crippen molar-refractivity contribution in [1.82, 2.24) is 18.7 Å². The van der Waals surface area contributed by atoms with Gasteiger partial charge in [0, 0.05) is 28.8 Å². The van der Waals surface area contributed by atoms with Gasteiger partial charge in [0.25, 0.3) is 0 Å². The van der Waals surface area contributed by atoms with Crippen molar-refractivity contribution in [3.05, 3.63) is 41.6 Å². The third-order valence-corrected chi connectivity index (χ3v) is 3.94. The molecule has 6 heteroatoms. The van der Waals surface area contributed by atoms with E-state index in [1.54, 1.807) is 0 Å². The van der Waals surface area contributed by atoms with Crippen LogP contribution in [-0.2, 0) is 12.0 Å². The molecule has 3 aromatic heterocycles. The summed E-state index contributed by atoms with van der Waals surface area (Å²) in [5, 5.41) is 4.14. The third kappa shape index (κ3) is 2.90. The van der Waals surface area contributed by atoms with Gasteiger partial charge < -0.3 is 9.72 Å². The number of pyridine rings is 1. The zero-order valence-corrected chi connectivity index (χ0v) is 13.5. The standard InChI is InChI=1S/C15H19N5S/c1-10-6-5-7-12-17-11(9-20(10)12)8-16-14-18-13(19-21-14)15(2,3)4/h5-7,9H,8H2,1-4H3,(H,16,18,19). The van der Waals surface area contributed by atoms with Crippen LogP contribution in [0.4, 0.5) is 5.13 Å². The van der Waals surface area contributed by atoms with Gasteiger partial charge in [0.1, 0.15) is 11.5 Å². The number of rotatable bonds is 3. The fourth-order valence-corrected chi connectivity index (χ4v) is 2.80. The van der Waals surface area contributed by atoms with Crippen LogP contribution in [-0.4, -0.2) is 18.7 Å². The normalized spacial score (nSPS) is 12.0. The van der Waals surface area contributed by atoms with Crippen molar-refractivity contribution in [3.8, 4) is 0 Å². The summed E-state index contributed by atoms with van der Waals surface area (Å²) in [7, 11) is 0. The van der Waals surface area contributed by atoms with Crippen molar-refractivity contribution >= 4 is 22.3 Å². The molecule has 1 N–H and O–H groups in total. The maximum Gasteiger partial charge on any atom is 0.202 e. The lowest BCUT2D eigenvalue weighted by Gasteiger charge is -2.12. The number of aromatic nitrogens is 4. The maximum absolute atomic E-state index is 4.60. The number of hydrogen-bond acceptors (Lipinski definition) is 5. The highest BCUT2D eigenvalue weighted by Crippen LogP contribution is 2.23. The van der Waals surface area contributed by atoms with Gasteiger partial charge in [0.15, 0.2) is 0 Å². The topological polar surface area (TPSA) is 55.1 Å². The van der Waals surface area contributed by atoms with Crippen LogP contribution in [0, 0.1) is 6.92 Å². The number of imidazole rings is 1. The Balaban J connectivity index is 1.74. The Morgan fingerprint density at radius 1 is 1.24 bits per heavy atom. The zero-order valence-electron chi connectivity index (χ0n) is 12.7. The second kappa shape index (κ2) is 5.11. The van der Waals surface area contributed by atoms with Crippen LogP contribution < -0.4 is 5.32 Å². The lowest BCUT2D eigenvalue weighted by Crippen LogP contribution is -2.13. The Bertz CT molecular complexity index is 766. The molecule has 110 valence electrons. The van der Waals surface area contributed by atoms with Gasteiger partial charge in [-0.1, -0.05) is 26.8 Å². The first kappa shape index (κ1) is 14.0. The molecule has 21 heavy (non-hydrogen) atoms. The zero-order chi connectivity index (χ0) is 15.0. The second-order valence-corrected chi connectivity index (χ2v) is 6.91. The van der Waals surface area contributed by atoms with Crippen LogP contribution in [0.1, 0.15) is 38.0 Å². The van der Waals surface area contributed by atoms with E-state index < -0.39 is 0 Å². The molecule has 0 spiro atoms. The second-order valence-electron chi connectivity index (χ2n) is 6.15. The van der Waals surface area contributed by atoms with Crippen LogP contribution in [0.15, 0.2) is 24.4 Å². The fraction of sp³-hybridized carbons (Fsp3) is 0.400. The lowest BCUT2D eigenvalue weighted by atomic mass is 9.96. The van der Waals surface area contributed by atoms with Crippen LogP contribution >= 0.6 is 11.5 Å². The van der Waals surface area contributed by atoms with Gasteiger partial charge in [-0.15, -0.1) is 0 Å². The van der Waals surface area contributed by atoms with E-state index in [0.717, 1.165) is 22.3 Å². The Morgan fingerprint density at radius 2 is 2.05 bits per heavy atom. The quantitative estimate of drug-likeness (QED) is 0.805. The summed E-state index contributed by atoms with van der Waals surface area (Å²) in [6, 6.07) is 6.11. The summed E-state index contributed by atoms with van der Waals surface area (Å²) in [6.45, 7) is 9.07. The Kier molecular flexibility index (Phi) is 3.41. The summed E-state index contributed by atoms with van der Waals surface area (Å²) in [4.78, 5) is 9.13. The van der Waals surface area contributed by atoms with E-state index >= 15 is 0 Å². The van der Waals surface area contributed by atoms with Gasteiger partial charge in [-0.3, -0.25) is 0 Å². The van der Waals surface area contributed by atoms with E-state index in [-0.39, 0.29) is 5.41 Å². The molecule has 0 aliphatic carbocycles. The predicted molar refractivity (Wildman–Crippen MR) is 85.9 cm³/mol. The highest BCUT2D eigenvalue weighted by molar-refractivity contribution is 7.09. The summed E-state index contributed by atoms with van der Waals surface area (Å²) in [6.07, 6.45) is 2.06. The van der Waals surface area contributed by atoms with E-state index in [1.807, 2.05) is 12.1 Å². The number of nitrogens with one attached hydrogen (secondary N) is 1. The molecule has 0 atom stereocenters. The van der Waals surface area contributed by atoms with E-state index in [1.165, 1.54) is 17.2 Å². The SMILES string of the molecule is Cc1cccc2nc(CNc3nc(C(C)(C)C)ns3)cn12. The Morgan fingerprint density at radius 3 is 2.71 bits per heavy atom. The molecule has 0 bridgehead atoms. The van der Waals surface area contributed by atoms with Crippen LogP contribution in [0.2, 0.25) is 0 Å². The van der Waals surface area contributed by atoms with E-state index in [2.05, 4.69) is 64.0 Å². The first-order chi connectivity index (χ1) is 9.93. The minimum absolute atomic E-state index is 0.0172. The van der Waals surface area contributed by atoms with Gasteiger partial charge in [-0.25, -0.2) is 9.97 Å². The summed E-state index contributed by atoms with van der Waals surface area (Å²) in [5.41, 5.74) is 3.13. The van der Waals surface area contributed by atoms with Gasteiger partial charge in [-0.2, -0.15) is 4.37 Å². The molecule has 3 aromatic rings. The molecule has 0 amide bonds. The van der Waals surface area contributed by atoms with Crippen molar-refractivity contribution < 1.29 is 0 Å². The van der Waals surface area contributed by atoms with Crippen molar-refractivity contribution in [2.75, 3.05) is 5.32 Å². The van der Waals surface area contributed by atoms with Crippen molar-refractivity contribution in [3.63, 3.8) is 0 Å². The fourth-order valence-electron chi connectivity index (χ4n) is 2.05. The molecule has 0 saturated carbocycles. The van der Waals surface area contributed by atoms with E-state index in [0.29, 0.717) is 6.54 Å². The monoisotopic (exact) mass is 301 g/mol. The van der Waals surface area contributed by atoms with Crippen molar-refractivity contribution in [2.24, 2.45) is 0 Å². The third-order valence-electron chi connectivity index (χ3n) is 3.26. The molecule has 0 saturated heterocycles. The number of fused-ring (bicyclic) bond motifs is 1. The molecule has 0 aromatic carbocycles. The number of anilines is 1. The molecule has 0 aliphatic rings. The molecule has 0 unspecified atom stereocenters. The predicted octanol–water partition coefficient (Wildman–Crippen LogP) is 3.40. The van der Waals surface area contributed by atoms with Crippen LogP contribution in [0.25, 0.3) is 5.65 Å². The average Bonchev–Trinajstić information content (AvgIpc) is 3.02. The molecule has 0 aliphatic heterocycles. The number of nitrogens with zero attached hydrogens (tertiary/aromatic N) is 4. The number of hydrogen-bond donors (Lipinski definition) is 1. The van der Waals surface area contributed by atoms with Gasteiger partial charge >= 0.3 is 0 Å². The Hall–Kier alpha value is -1.95. The highest BCUT2D eigenvalue weighted by atomic mass is 32.1. The molecular formula is C15H19N5S. The van der Waals surface area contributed by atoms with Gasteiger partial charge in [0.2, 0.25) is 5.13 Å². The summed E-state index contributed by atoms with van der Waals surface area (Å²) in [5.74, 6) is 0.876. The van der Waals surface area contributed by atoms with Crippen LogP contribution in [0.5, 0.6) is 0 Å². The molecule has 5 nitrogen and oxygen atoms in total. The largest absolute Gasteiger partial charge is 0.355 e. The number of aryl methyl sites for hydroxylation is 1. The smallest absolute Gasteiger partial charge is 0.202 e. The van der Waals surface area contributed by atoms with Gasteiger partial charge in [-0.05, 0) is 19.1 Å². The van der Waals surface area contributed by atoms with Crippen molar-refractivity contribution in [1.29, 1.82) is 0 Å². The first-order valence-electron chi connectivity index (χ1n) is 6.95. The van der Waals surface area contributed by atoms with Crippen molar-refractivity contribution in [2.45, 2.75) is 39.7 Å².